The van der Waals surface area contributed by atoms with Crippen molar-refractivity contribution in [2.75, 3.05) is 25.5 Å². The quantitative estimate of drug-likeness (QED) is 0.501. The van der Waals surface area contributed by atoms with Gasteiger partial charge in [-0.05, 0) is 68.6 Å². The van der Waals surface area contributed by atoms with Gasteiger partial charge in [-0.3, -0.25) is 5.32 Å². The molecule has 1 aliphatic rings. The highest BCUT2D eigenvalue weighted by Crippen LogP contribution is 2.32. The van der Waals surface area contributed by atoms with Crippen LogP contribution in [0.3, 0.4) is 0 Å². The summed E-state index contributed by atoms with van der Waals surface area (Å²) in [5.41, 5.74) is 6.32. The van der Waals surface area contributed by atoms with Crippen molar-refractivity contribution in [2.24, 2.45) is 0 Å². The number of aryl methyl sites for hydroxylation is 1. The topological polar surface area (TPSA) is 80.2 Å². The van der Waals surface area contributed by atoms with Crippen LogP contribution in [0.15, 0.2) is 48.5 Å². The zero-order chi connectivity index (χ0) is 23.2. The van der Waals surface area contributed by atoms with E-state index in [4.69, 9.17) is 9.84 Å². The van der Waals surface area contributed by atoms with Crippen LogP contribution >= 0.6 is 0 Å². The van der Waals surface area contributed by atoms with Gasteiger partial charge in [0.15, 0.2) is 0 Å². The average molecular weight is 448 g/mol. The number of rotatable bonds is 7. The normalized spacial score (nSPS) is 14.3. The Bertz CT molecular complexity index is 1090. The summed E-state index contributed by atoms with van der Waals surface area (Å²) in [6, 6.07) is 15.9. The Morgan fingerprint density at radius 2 is 1.91 bits per heavy atom. The van der Waals surface area contributed by atoms with E-state index in [0.29, 0.717) is 19.1 Å². The number of carbonyl (C=O) groups is 1. The summed E-state index contributed by atoms with van der Waals surface area (Å²) in [7, 11) is 1.68. The molecule has 1 saturated heterocycles. The monoisotopic (exact) mass is 447 g/mol. The van der Waals surface area contributed by atoms with Gasteiger partial charge in [0.25, 0.3) is 0 Å². The fraction of sp³-hybridized carbons (Fsp3) is 0.385. The van der Waals surface area contributed by atoms with Crippen LogP contribution < -0.4 is 16.0 Å². The zero-order valence-electron chi connectivity index (χ0n) is 19.6. The van der Waals surface area contributed by atoms with E-state index in [1.807, 2.05) is 48.0 Å². The molecule has 33 heavy (non-hydrogen) atoms. The van der Waals surface area contributed by atoms with Gasteiger partial charge >= 0.3 is 6.03 Å². The van der Waals surface area contributed by atoms with Crippen LogP contribution in [0.5, 0.6) is 0 Å². The molecule has 1 fully saturated rings. The van der Waals surface area contributed by atoms with Gasteiger partial charge < -0.3 is 15.4 Å². The molecule has 1 aliphatic heterocycles. The summed E-state index contributed by atoms with van der Waals surface area (Å²) in [6.45, 7) is 7.08. The minimum Gasteiger partial charge on any atom is -0.380 e. The van der Waals surface area contributed by atoms with Crippen LogP contribution in [0.25, 0.3) is 5.69 Å². The number of para-hydroxylation sites is 1. The van der Waals surface area contributed by atoms with Crippen molar-refractivity contribution in [1.82, 2.24) is 20.4 Å². The number of hydrogen-bond donors (Lipinski definition) is 3. The van der Waals surface area contributed by atoms with Gasteiger partial charge in [0.2, 0.25) is 0 Å². The van der Waals surface area contributed by atoms with Gasteiger partial charge in [0.1, 0.15) is 5.82 Å². The highest BCUT2D eigenvalue weighted by Gasteiger charge is 2.25. The Morgan fingerprint density at radius 1 is 1.15 bits per heavy atom. The van der Waals surface area contributed by atoms with Gasteiger partial charge in [-0.1, -0.05) is 36.4 Å². The maximum absolute atomic E-state index is 12.9. The summed E-state index contributed by atoms with van der Waals surface area (Å²) in [4.78, 5) is 12.9. The number of carbonyl (C=O) groups excluding carboxylic acids is 1. The SMILES string of the molecule is COCc1ccc(C)c(CNC(=O)Nc2c(C)c(C3CCNCC3)nn2-c2ccccc2)c1. The highest BCUT2D eigenvalue weighted by molar-refractivity contribution is 5.89. The first-order valence-corrected chi connectivity index (χ1v) is 11.5. The number of urea groups is 1. The molecule has 0 saturated carbocycles. The summed E-state index contributed by atoms with van der Waals surface area (Å²) in [6.07, 6.45) is 2.10. The molecule has 0 unspecified atom stereocenters. The van der Waals surface area contributed by atoms with Gasteiger partial charge in [-0.2, -0.15) is 5.10 Å². The van der Waals surface area contributed by atoms with Gasteiger partial charge in [-0.25, -0.2) is 9.48 Å². The molecule has 2 aromatic carbocycles. The van der Waals surface area contributed by atoms with Crippen molar-refractivity contribution in [1.29, 1.82) is 0 Å². The molecule has 3 N–H and O–H groups in total. The summed E-state index contributed by atoms with van der Waals surface area (Å²) in [5, 5.41) is 14.5. The van der Waals surface area contributed by atoms with E-state index in [-0.39, 0.29) is 6.03 Å². The zero-order valence-corrected chi connectivity index (χ0v) is 19.6. The molecule has 0 radical (unpaired) electrons. The highest BCUT2D eigenvalue weighted by atomic mass is 16.5. The van der Waals surface area contributed by atoms with Gasteiger partial charge in [0, 0.05) is 25.1 Å². The van der Waals surface area contributed by atoms with Crippen molar-refractivity contribution < 1.29 is 9.53 Å². The van der Waals surface area contributed by atoms with Crippen LogP contribution in [0.4, 0.5) is 10.6 Å². The van der Waals surface area contributed by atoms with Crippen LogP contribution in [-0.4, -0.2) is 36.0 Å². The Balaban J connectivity index is 1.54. The molecule has 7 heteroatoms. The minimum atomic E-state index is -0.247. The van der Waals surface area contributed by atoms with E-state index in [9.17, 15) is 4.79 Å². The second-order valence-electron chi connectivity index (χ2n) is 8.63. The minimum absolute atomic E-state index is 0.247. The maximum atomic E-state index is 12.9. The maximum Gasteiger partial charge on any atom is 0.320 e. The van der Waals surface area contributed by atoms with Crippen LogP contribution in [0, 0.1) is 13.8 Å². The molecule has 4 rings (SSSR count). The van der Waals surface area contributed by atoms with Crippen LogP contribution in [0.2, 0.25) is 0 Å². The van der Waals surface area contributed by atoms with Crippen molar-refractivity contribution in [3.8, 4) is 5.69 Å². The Kier molecular flexibility index (Phi) is 7.42. The number of methoxy groups -OCH3 is 1. The van der Waals surface area contributed by atoms with E-state index in [1.165, 1.54) is 0 Å². The molecule has 0 spiro atoms. The number of ether oxygens (including phenoxy) is 1. The van der Waals surface area contributed by atoms with Gasteiger partial charge in [0.05, 0.1) is 18.0 Å². The lowest BCUT2D eigenvalue weighted by Crippen LogP contribution is -2.29. The molecule has 174 valence electrons. The Labute approximate surface area is 195 Å². The predicted molar refractivity (Wildman–Crippen MR) is 131 cm³/mol. The number of benzene rings is 2. The second-order valence-corrected chi connectivity index (χ2v) is 8.63. The van der Waals surface area contributed by atoms with Crippen molar-refractivity contribution in [2.45, 2.75) is 45.8 Å². The molecule has 2 amide bonds. The lowest BCUT2D eigenvalue weighted by molar-refractivity contribution is 0.185. The summed E-state index contributed by atoms with van der Waals surface area (Å²) >= 11 is 0. The third kappa shape index (κ3) is 5.43. The molecule has 0 bridgehead atoms. The third-order valence-corrected chi connectivity index (χ3v) is 6.28. The first kappa shape index (κ1) is 23.0. The molecule has 2 heterocycles. The largest absolute Gasteiger partial charge is 0.380 e. The average Bonchev–Trinajstić information content (AvgIpc) is 3.16. The number of hydrogen-bond acceptors (Lipinski definition) is 4. The van der Waals surface area contributed by atoms with E-state index in [0.717, 1.165) is 65.4 Å². The van der Waals surface area contributed by atoms with Crippen molar-refractivity contribution >= 4 is 11.8 Å². The van der Waals surface area contributed by atoms with Crippen LogP contribution in [0.1, 0.15) is 46.7 Å². The number of aromatic nitrogens is 2. The molecule has 1 aromatic heterocycles. The van der Waals surface area contributed by atoms with E-state index in [2.05, 4.69) is 35.0 Å². The van der Waals surface area contributed by atoms with Crippen LogP contribution in [-0.2, 0) is 17.9 Å². The molecular formula is C26H33N5O2. The number of nitrogens with zero attached hydrogens (tertiary/aromatic N) is 2. The second kappa shape index (κ2) is 10.6. The van der Waals surface area contributed by atoms with E-state index >= 15 is 0 Å². The van der Waals surface area contributed by atoms with Gasteiger partial charge in [-0.15, -0.1) is 0 Å². The first-order valence-electron chi connectivity index (χ1n) is 11.5. The number of anilines is 1. The summed E-state index contributed by atoms with van der Waals surface area (Å²) in [5.74, 6) is 1.11. The molecule has 0 aliphatic carbocycles. The Morgan fingerprint density at radius 3 is 2.64 bits per heavy atom. The summed E-state index contributed by atoms with van der Waals surface area (Å²) < 4.78 is 7.09. The first-order chi connectivity index (χ1) is 16.1. The molecule has 0 atom stereocenters. The lowest BCUT2D eigenvalue weighted by Gasteiger charge is -2.21. The predicted octanol–water partition coefficient (Wildman–Crippen LogP) is 4.42. The Hall–Kier alpha value is -3.16. The number of piperidine rings is 1. The molecular weight excluding hydrogens is 414 g/mol. The fourth-order valence-corrected chi connectivity index (χ4v) is 4.40. The smallest absolute Gasteiger partial charge is 0.320 e. The van der Waals surface area contributed by atoms with E-state index < -0.39 is 0 Å². The molecule has 3 aromatic rings. The van der Waals surface area contributed by atoms with E-state index in [1.54, 1.807) is 7.11 Å². The molecule has 7 nitrogen and oxygen atoms in total. The number of amides is 2. The number of nitrogens with one attached hydrogen (secondary N) is 3. The van der Waals surface area contributed by atoms with Crippen molar-refractivity contribution in [3.05, 3.63) is 76.5 Å². The third-order valence-electron chi connectivity index (χ3n) is 6.28. The standard InChI is InChI=1S/C26H33N5O2/c1-18-9-10-20(17-33-3)15-22(18)16-28-26(32)29-25-19(2)24(21-11-13-27-14-12-21)30-31(25)23-7-5-4-6-8-23/h4-10,15,21,27H,11-14,16-17H2,1-3H3,(H2,28,29,32). The fourth-order valence-electron chi connectivity index (χ4n) is 4.40. The van der Waals surface area contributed by atoms with Crippen molar-refractivity contribution in [3.63, 3.8) is 0 Å². The lowest BCUT2D eigenvalue weighted by atomic mass is 9.92.